The molecule has 1 rings (SSSR count). The van der Waals surface area contributed by atoms with E-state index in [-0.39, 0.29) is 0 Å². The molecule has 0 aliphatic heterocycles. The molecule has 18 heavy (non-hydrogen) atoms. The first-order valence-electron chi connectivity index (χ1n) is 6.39. The lowest BCUT2D eigenvalue weighted by atomic mass is 10.1. The van der Waals surface area contributed by atoms with Crippen molar-refractivity contribution >= 4 is 0 Å². The summed E-state index contributed by atoms with van der Waals surface area (Å²) in [5.41, 5.74) is 6.70. The van der Waals surface area contributed by atoms with Crippen molar-refractivity contribution in [3.05, 3.63) is 23.8 Å². The summed E-state index contributed by atoms with van der Waals surface area (Å²) in [5, 5.41) is 0. The van der Waals surface area contributed by atoms with Crippen LogP contribution in [0.3, 0.4) is 0 Å². The molecule has 2 N–H and O–H groups in total. The van der Waals surface area contributed by atoms with Crippen molar-refractivity contribution in [3.63, 3.8) is 0 Å². The van der Waals surface area contributed by atoms with Gasteiger partial charge in [-0.1, -0.05) is 13.0 Å². The highest BCUT2D eigenvalue weighted by molar-refractivity contribution is 5.41. The quantitative estimate of drug-likeness (QED) is 0.684. The Bertz CT molecular complexity index is 342. The molecule has 4 heteroatoms. The van der Waals surface area contributed by atoms with Gasteiger partial charge in [-0.05, 0) is 31.0 Å². The second-order valence-electron chi connectivity index (χ2n) is 4.00. The zero-order chi connectivity index (χ0) is 13.2. The van der Waals surface area contributed by atoms with Crippen molar-refractivity contribution in [2.75, 3.05) is 33.5 Å². The summed E-state index contributed by atoms with van der Waals surface area (Å²) in [6.45, 7) is 4.51. The van der Waals surface area contributed by atoms with E-state index in [1.807, 2.05) is 18.2 Å². The number of nitrogens with two attached hydrogens (primary N) is 1. The maximum atomic E-state index is 5.69. The summed E-state index contributed by atoms with van der Waals surface area (Å²) in [5.74, 6) is 1.68. The van der Waals surface area contributed by atoms with Gasteiger partial charge < -0.3 is 19.9 Å². The lowest BCUT2D eigenvalue weighted by Gasteiger charge is -2.13. The maximum absolute atomic E-state index is 5.69. The number of ether oxygens (including phenoxy) is 3. The molecule has 0 radical (unpaired) electrons. The van der Waals surface area contributed by atoms with E-state index < -0.39 is 0 Å². The van der Waals surface area contributed by atoms with Crippen molar-refractivity contribution in [2.45, 2.75) is 19.8 Å². The van der Waals surface area contributed by atoms with E-state index in [1.54, 1.807) is 7.11 Å². The molecular weight excluding hydrogens is 230 g/mol. The van der Waals surface area contributed by atoms with E-state index in [9.17, 15) is 0 Å². The van der Waals surface area contributed by atoms with Crippen molar-refractivity contribution in [1.82, 2.24) is 0 Å². The monoisotopic (exact) mass is 253 g/mol. The third-order valence-corrected chi connectivity index (χ3v) is 2.47. The van der Waals surface area contributed by atoms with E-state index >= 15 is 0 Å². The van der Waals surface area contributed by atoms with Crippen LogP contribution < -0.4 is 15.2 Å². The predicted molar refractivity (Wildman–Crippen MR) is 72.4 cm³/mol. The molecule has 1 aromatic rings. The fourth-order valence-corrected chi connectivity index (χ4v) is 1.58. The van der Waals surface area contributed by atoms with Crippen LogP contribution in [0.2, 0.25) is 0 Å². The lowest BCUT2D eigenvalue weighted by molar-refractivity contribution is 0.145. The van der Waals surface area contributed by atoms with Crippen LogP contribution in [0.1, 0.15) is 18.9 Å². The second-order valence-corrected chi connectivity index (χ2v) is 4.00. The fourth-order valence-electron chi connectivity index (χ4n) is 1.58. The van der Waals surface area contributed by atoms with Gasteiger partial charge in [-0.25, -0.2) is 0 Å². The average molecular weight is 253 g/mol. The normalized spacial score (nSPS) is 10.4. The summed E-state index contributed by atoms with van der Waals surface area (Å²) in [7, 11) is 1.66. The van der Waals surface area contributed by atoms with Gasteiger partial charge in [0.05, 0.1) is 13.2 Å². The molecule has 102 valence electrons. The minimum absolute atomic E-state index is 0.533. The van der Waals surface area contributed by atoms with Crippen LogP contribution in [0.25, 0.3) is 0 Å². The highest BCUT2D eigenvalue weighted by Crippen LogP contribution is 2.25. The third kappa shape index (κ3) is 4.94. The van der Waals surface area contributed by atoms with Crippen molar-refractivity contribution in [1.29, 1.82) is 0 Å². The molecule has 0 atom stereocenters. The Morgan fingerprint density at radius 1 is 1.11 bits per heavy atom. The molecule has 0 aromatic heterocycles. The van der Waals surface area contributed by atoms with Crippen LogP contribution in [-0.4, -0.2) is 33.5 Å². The van der Waals surface area contributed by atoms with Gasteiger partial charge in [0.2, 0.25) is 0 Å². The second kappa shape index (κ2) is 8.78. The summed E-state index contributed by atoms with van der Waals surface area (Å²) in [6, 6.07) is 5.90. The molecule has 0 fully saturated rings. The topological polar surface area (TPSA) is 53.7 Å². The van der Waals surface area contributed by atoms with Gasteiger partial charge in [0, 0.05) is 13.2 Å². The predicted octanol–water partition coefficient (Wildman–Crippen LogP) is 2.00. The van der Waals surface area contributed by atoms with Crippen molar-refractivity contribution in [3.8, 4) is 11.5 Å². The molecule has 4 nitrogen and oxygen atoms in total. The summed E-state index contributed by atoms with van der Waals surface area (Å²) in [4.78, 5) is 0. The van der Waals surface area contributed by atoms with Crippen LogP contribution in [0.15, 0.2) is 18.2 Å². The van der Waals surface area contributed by atoms with Crippen LogP contribution in [0, 0.1) is 0 Å². The molecule has 0 saturated heterocycles. The zero-order valence-electron chi connectivity index (χ0n) is 11.3. The Labute approximate surface area is 109 Å². The van der Waals surface area contributed by atoms with Gasteiger partial charge in [-0.3, -0.25) is 0 Å². The number of hydrogen-bond acceptors (Lipinski definition) is 4. The number of benzene rings is 1. The zero-order valence-corrected chi connectivity index (χ0v) is 11.3. The smallest absolute Gasteiger partial charge is 0.126 e. The van der Waals surface area contributed by atoms with Crippen molar-refractivity contribution in [2.24, 2.45) is 5.73 Å². The largest absolute Gasteiger partial charge is 0.493 e. The maximum Gasteiger partial charge on any atom is 0.126 e. The lowest BCUT2D eigenvalue weighted by Crippen LogP contribution is -2.09. The van der Waals surface area contributed by atoms with E-state index in [0.29, 0.717) is 26.4 Å². The third-order valence-electron chi connectivity index (χ3n) is 2.47. The van der Waals surface area contributed by atoms with E-state index in [2.05, 4.69) is 6.92 Å². The highest BCUT2D eigenvalue weighted by Gasteiger charge is 2.05. The Kier molecular flexibility index (Phi) is 7.22. The highest BCUT2D eigenvalue weighted by atomic mass is 16.5. The molecule has 0 aliphatic carbocycles. The standard InChI is InChI=1S/C14H23NO3/c1-3-8-17-13-5-4-12(6-7-15)14(11-13)18-10-9-16-2/h4-5,11H,3,6-10,15H2,1-2H3. The van der Waals surface area contributed by atoms with E-state index in [0.717, 1.165) is 29.9 Å². The minimum Gasteiger partial charge on any atom is -0.493 e. The first-order valence-corrected chi connectivity index (χ1v) is 6.39. The number of rotatable bonds is 9. The van der Waals surface area contributed by atoms with Gasteiger partial charge in [0.1, 0.15) is 18.1 Å². The minimum atomic E-state index is 0.533. The molecule has 0 saturated carbocycles. The van der Waals surface area contributed by atoms with Gasteiger partial charge in [0.15, 0.2) is 0 Å². The molecule has 0 heterocycles. The van der Waals surface area contributed by atoms with Gasteiger partial charge >= 0.3 is 0 Å². The summed E-state index contributed by atoms with van der Waals surface area (Å²) < 4.78 is 16.3. The van der Waals surface area contributed by atoms with E-state index in [4.69, 9.17) is 19.9 Å². The van der Waals surface area contributed by atoms with Crippen LogP contribution in [-0.2, 0) is 11.2 Å². The van der Waals surface area contributed by atoms with Gasteiger partial charge in [-0.2, -0.15) is 0 Å². The molecule has 0 bridgehead atoms. The Morgan fingerprint density at radius 2 is 1.94 bits per heavy atom. The van der Waals surface area contributed by atoms with E-state index in [1.165, 1.54) is 0 Å². The molecule has 0 amide bonds. The van der Waals surface area contributed by atoms with Crippen LogP contribution >= 0.6 is 0 Å². The van der Waals surface area contributed by atoms with Gasteiger partial charge in [-0.15, -0.1) is 0 Å². The van der Waals surface area contributed by atoms with Gasteiger partial charge in [0.25, 0.3) is 0 Å². The summed E-state index contributed by atoms with van der Waals surface area (Å²) >= 11 is 0. The Hall–Kier alpha value is -1.26. The Balaban J connectivity index is 2.71. The molecule has 0 unspecified atom stereocenters. The molecule has 1 aromatic carbocycles. The first kappa shape index (κ1) is 14.8. The molecule has 0 spiro atoms. The fraction of sp³-hybridized carbons (Fsp3) is 0.571. The Morgan fingerprint density at radius 3 is 2.61 bits per heavy atom. The molecular formula is C14H23NO3. The number of hydrogen-bond donors (Lipinski definition) is 1. The summed E-state index contributed by atoms with van der Waals surface area (Å²) in [6.07, 6.45) is 1.79. The van der Waals surface area contributed by atoms with Crippen LogP contribution in [0.5, 0.6) is 11.5 Å². The molecule has 0 aliphatic rings. The van der Waals surface area contributed by atoms with Crippen LogP contribution in [0.4, 0.5) is 0 Å². The number of methoxy groups -OCH3 is 1. The van der Waals surface area contributed by atoms with Crippen molar-refractivity contribution < 1.29 is 14.2 Å². The first-order chi connectivity index (χ1) is 8.81. The average Bonchev–Trinajstić information content (AvgIpc) is 2.39. The SMILES string of the molecule is CCCOc1ccc(CCN)c(OCCOC)c1.